The molecule has 1 aliphatic heterocycles. The van der Waals surface area contributed by atoms with Crippen LogP contribution in [-0.2, 0) is 6.61 Å². The van der Waals surface area contributed by atoms with Gasteiger partial charge in [0.05, 0.1) is 17.9 Å². The molecule has 8 nitrogen and oxygen atoms in total. The molecule has 3 N–H and O–H groups in total. The number of carboxylic acid groups (broad SMARTS) is 1. The van der Waals surface area contributed by atoms with E-state index in [0.717, 1.165) is 24.5 Å². The van der Waals surface area contributed by atoms with Crippen LogP contribution >= 0.6 is 0 Å². The van der Waals surface area contributed by atoms with Gasteiger partial charge in [0.1, 0.15) is 18.2 Å². The van der Waals surface area contributed by atoms with Crippen LogP contribution in [-0.4, -0.2) is 57.8 Å². The number of piperidine rings is 1. The fourth-order valence-corrected chi connectivity index (χ4v) is 3.44. The zero-order valence-electron chi connectivity index (χ0n) is 17.3. The van der Waals surface area contributed by atoms with Gasteiger partial charge in [0.25, 0.3) is 5.91 Å². The summed E-state index contributed by atoms with van der Waals surface area (Å²) in [7, 11) is 0. The van der Waals surface area contributed by atoms with Crippen LogP contribution in [0, 0.1) is 5.82 Å². The number of ether oxygens (including phenoxy) is 1. The number of carbonyl (C=O) groups is 2. The number of rotatable bonds is 7. The molecule has 0 bridgehead atoms. The number of hydrogen-bond donors (Lipinski definition) is 3. The molecule has 1 fully saturated rings. The van der Waals surface area contributed by atoms with Crippen LogP contribution in [0.15, 0.2) is 36.5 Å². The van der Waals surface area contributed by atoms with Gasteiger partial charge in [0.15, 0.2) is 0 Å². The molecule has 0 spiro atoms. The average molecular weight is 431 g/mol. The van der Waals surface area contributed by atoms with E-state index in [0.29, 0.717) is 18.8 Å². The Labute approximate surface area is 179 Å². The summed E-state index contributed by atoms with van der Waals surface area (Å²) in [6.07, 6.45) is 2.42. The van der Waals surface area contributed by atoms with E-state index in [4.69, 9.17) is 14.9 Å². The zero-order chi connectivity index (χ0) is 22.4. The highest BCUT2D eigenvalue weighted by atomic mass is 19.1. The maximum Gasteiger partial charge on any atom is 0.407 e. The number of carbonyl (C=O) groups excluding carboxylic acids is 1. The Morgan fingerprint density at radius 1 is 1.29 bits per heavy atom. The molecule has 1 aliphatic rings. The van der Waals surface area contributed by atoms with Crippen molar-refractivity contribution in [3.8, 4) is 5.75 Å². The lowest BCUT2D eigenvalue weighted by atomic mass is 9.90. The second kappa shape index (κ2) is 10.2. The largest absolute Gasteiger partial charge is 0.487 e. The van der Waals surface area contributed by atoms with Crippen molar-refractivity contribution in [2.24, 2.45) is 0 Å². The molecule has 0 aliphatic carbocycles. The van der Waals surface area contributed by atoms with E-state index in [9.17, 15) is 14.0 Å². The third-order valence-electron chi connectivity index (χ3n) is 5.31. The van der Waals surface area contributed by atoms with Gasteiger partial charge < -0.3 is 25.2 Å². The summed E-state index contributed by atoms with van der Waals surface area (Å²) in [5.41, 5.74) is 1.61. The topological polar surface area (TPSA) is 112 Å². The first kappa shape index (κ1) is 22.5. The standard InChI is InChI=1S/C22H26FN3O5/c1-14(12-27)25-21(28)19-5-4-18(10-20(19)23)31-13-17-3-2-16(11-24-17)15-6-8-26(9-7-15)22(29)30/h2-5,10-11,14-15,27H,6-9,12-13H2,1H3,(H,25,28)(H,29,30)/t14-/m1/s1. The van der Waals surface area contributed by atoms with Crippen molar-refractivity contribution in [3.63, 3.8) is 0 Å². The molecule has 1 atom stereocenters. The fraction of sp³-hybridized carbons (Fsp3) is 0.409. The van der Waals surface area contributed by atoms with Crippen LogP contribution in [0.3, 0.4) is 0 Å². The Kier molecular flexibility index (Phi) is 7.41. The van der Waals surface area contributed by atoms with Crippen molar-refractivity contribution in [1.82, 2.24) is 15.2 Å². The minimum Gasteiger partial charge on any atom is -0.487 e. The lowest BCUT2D eigenvalue weighted by Crippen LogP contribution is -2.36. The third-order valence-corrected chi connectivity index (χ3v) is 5.31. The summed E-state index contributed by atoms with van der Waals surface area (Å²) in [5, 5.41) is 20.5. The highest BCUT2D eigenvalue weighted by Crippen LogP contribution is 2.27. The van der Waals surface area contributed by atoms with Gasteiger partial charge in [0, 0.05) is 31.4 Å². The molecular weight excluding hydrogens is 405 g/mol. The number of nitrogens with zero attached hydrogens (tertiary/aromatic N) is 2. The van der Waals surface area contributed by atoms with E-state index < -0.39 is 23.9 Å². The number of pyridine rings is 1. The van der Waals surface area contributed by atoms with E-state index in [1.165, 1.54) is 17.0 Å². The molecule has 1 aromatic heterocycles. The van der Waals surface area contributed by atoms with Crippen molar-refractivity contribution in [1.29, 1.82) is 0 Å². The van der Waals surface area contributed by atoms with E-state index in [2.05, 4.69) is 10.3 Å². The van der Waals surface area contributed by atoms with Gasteiger partial charge in [-0.1, -0.05) is 6.07 Å². The van der Waals surface area contributed by atoms with E-state index in [1.54, 1.807) is 13.1 Å². The number of aromatic nitrogens is 1. The zero-order valence-corrected chi connectivity index (χ0v) is 17.3. The van der Waals surface area contributed by atoms with Gasteiger partial charge in [-0.2, -0.15) is 0 Å². The molecular formula is C22H26FN3O5. The number of likely N-dealkylation sites (tertiary alicyclic amines) is 1. The average Bonchev–Trinajstić information content (AvgIpc) is 2.78. The van der Waals surface area contributed by atoms with Gasteiger partial charge in [-0.25, -0.2) is 9.18 Å². The van der Waals surface area contributed by atoms with Gasteiger partial charge in [-0.3, -0.25) is 9.78 Å². The Morgan fingerprint density at radius 3 is 2.61 bits per heavy atom. The predicted octanol–water partition coefficient (Wildman–Crippen LogP) is 2.77. The molecule has 3 rings (SSSR count). The fourth-order valence-electron chi connectivity index (χ4n) is 3.44. The number of aliphatic hydroxyl groups is 1. The molecule has 31 heavy (non-hydrogen) atoms. The molecule has 166 valence electrons. The Hall–Kier alpha value is -3.20. The SMILES string of the molecule is C[C@H](CO)NC(=O)c1ccc(OCc2ccc(C3CCN(C(=O)O)CC3)cn2)cc1F. The first-order valence-electron chi connectivity index (χ1n) is 10.1. The van der Waals surface area contributed by atoms with Crippen molar-refractivity contribution in [2.75, 3.05) is 19.7 Å². The summed E-state index contributed by atoms with van der Waals surface area (Å²) in [5.74, 6) is -0.760. The Bertz CT molecular complexity index is 914. The van der Waals surface area contributed by atoms with Crippen molar-refractivity contribution >= 4 is 12.0 Å². The molecule has 0 unspecified atom stereocenters. The number of nitrogens with one attached hydrogen (secondary N) is 1. The summed E-state index contributed by atoms with van der Waals surface area (Å²) >= 11 is 0. The number of hydrogen-bond acceptors (Lipinski definition) is 5. The van der Waals surface area contributed by atoms with Crippen LogP contribution in [0.2, 0.25) is 0 Å². The van der Waals surface area contributed by atoms with Crippen LogP contribution in [0.4, 0.5) is 9.18 Å². The van der Waals surface area contributed by atoms with Crippen molar-refractivity contribution in [2.45, 2.75) is 38.3 Å². The Morgan fingerprint density at radius 2 is 2.03 bits per heavy atom. The summed E-state index contributed by atoms with van der Waals surface area (Å²) in [6, 6.07) is 7.32. The summed E-state index contributed by atoms with van der Waals surface area (Å²) < 4.78 is 19.8. The van der Waals surface area contributed by atoms with Crippen molar-refractivity contribution in [3.05, 3.63) is 59.2 Å². The lowest BCUT2D eigenvalue weighted by molar-refractivity contribution is 0.0918. The van der Waals surface area contributed by atoms with Crippen LogP contribution in [0.1, 0.15) is 47.3 Å². The predicted molar refractivity (Wildman–Crippen MR) is 111 cm³/mol. The molecule has 0 radical (unpaired) electrons. The molecule has 9 heteroatoms. The monoisotopic (exact) mass is 431 g/mol. The normalized spacial score (nSPS) is 15.4. The highest BCUT2D eigenvalue weighted by Gasteiger charge is 2.23. The van der Waals surface area contributed by atoms with Crippen LogP contribution < -0.4 is 10.1 Å². The first-order chi connectivity index (χ1) is 14.9. The highest BCUT2D eigenvalue weighted by molar-refractivity contribution is 5.94. The minimum absolute atomic E-state index is 0.121. The second-order valence-corrected chi connectivity index (χ2v) is 7.61. The summed E-state index contributed by atoms with van der Waals surface area (Å²) in [6.45, 7) is 2.56. The third kappa shape index (κ3) is 5.91. The van der Waals surface area contributed by atoms with Crippen LogP contribution in [0.5, 0.6) is 5.75 Å². The van der Waals surface area contributed by atoms with E-state index in [-0.39, 0.29) is 30.4 Å². The van der Waals surface area contributed by atoms with Gasteiger partial charge >= 0.3 is 6.09 Å². The Balaban J connectivity index is 1.54. The molecule has 0 saturated carbocycles. The molecule has 1 saturated heterocycles. The maximum absolute atomic E-state index is 14.3. The summed E-state index contributed by atoms with van der Waals surface area (Å²) in [4.78, 5) is 28.8. The van der Waals surface area contributed by atoms with E-state index >= 15 is 0 Å². The minimum atomic E-state index is -0.881. The second-order valence-electron chi connectivity index (χ2n) is 7.61. The smallest absolute Gasteiger partial charge is 0.407 e. The number of aliphatic hydroxyl groups excluding tert-OH is 1. The maximum atomic E-state index is 14.3. The van der Waals surface area contributed by atoms with Gasteiger partial charge in [0.2, 0.25) is 0 Å². The molecule has 1 aromatic carbocycles. The lowest BCUT2D eigenvalue weighted by Gasteiger charge is -2.30. The van der Waals surface area contributed by atoms with Gasteiger partial charge in [-0.15, -0.1) is 0 Å². The molecule has 2 heterocycles. The van der Waals surface area contributed by atoms with Gasteiger partial charge in [-0.05, 0) is 49.4 Å². The number of amides is 2. The number of halogens is 1. The molecule has 2 aromatic rings. The number of benzene rings is 1. The van der Waals surface area contributed by atoms with Crippen LogP contribution in [0.25, 0.3) is 0 Å². The molecule has 2 amide bonds. The van der Waals surface area contributed by atoms with Crippen molar-refractivity contribution < 1.29 is 28.9 Å². The quantitative estimate of drug-likeness (QED) is 0.622. The first-order valence-corrected chi connectivity index (χ1v) is 10.1. The van der Waals surface area contributed by atoms with E-state index in [1.807, 2.05) is 12.1 Å².